The highest BCUT2D eigenvalue weighted by molar-refractivity contribution is 7.21. The molecule has 0 aliphatic heterocycles. The lowest BCUT2D eigenvalue weighted by Crippen LogP contribution is -2.00. The first-order valence-electron chi connectivity index (χ1n) is 6.26. The van der Waals surface area contributed by atoms with Crippen molar-refractivity contribution in [2.75, 3.05) is 0 Å². The maximum absolute atomic E-state index is 12.3. The highest BCUT2D eigenvalue weighted by Gasteiger charge is 2.07. The highest BCUT2D eigenvalue weighted by atomic mass is 32.1. The molecule has 0 N–H and O–H groups in total. The largest absolute Gasteiger partial charge is 0.289 e. The van der Waals surface area contributed by atoms with Gasteiger partial charge in [0.25, 0.3) is 0 Å². The molecule has 1 aromatic heterocycles. The van der Waals surface area contributed by atoms with E-state index in [-0.39, 0.29) is 5.43 Å². The number of aryl methyl sites for hydroxylation is 2. The van der Waals surface area contributed by atoms with Gasteiger partial charge < -0.3 is 0 Å². The number of hydrogen-bond donors (Lipinski definition) is 0. The third-order valence-corrected chi connectivity index (χ3v) is 4.54. The molecule has 0 radical (unpaired) electrons. The Morgan fingerprint density at radius 3 is 2.42 bits per heavy atom. The summed E-state index contributed by atoms with van der Waals surface area (Å²) in [6, 6.07) is 15.9. The molecule has 0 saturated heterocycles. The van der Waals surface area contributed by atoms with Crippen molar-refractivity contribution in [3.63, 3.8) is 0 Å². The minimum absolute atomic E-state index is 0.111. The molecule has 0 fully saturated rings. The van der Waals surface area contributed by atoms with E-state index in [1.807, 2.05) is 43.3 Å². The zero-order chi connectivity index (χ0) is 13.4. The van der Waals surface area contributed by atoms with E-state index in [2.05, 4.69) is 13.0 Å². The number of rotatable bonds is 1. The maximum Gasteiger partial charge on any atom is 0.188 e. The molecule has 0 atom stereocenters. The van der Waals surface area contributed by atoms with Gasteiger partial charge in [0.2, 0.25) is 0 Å². The molecule has 2 heteroatoms. The van der Waals surface area contributed by atoms with E-state index in [0.717, 1.165) is 26.1 Å². The minimum Gasteiger partial charge on any atom is -0.289 e. The van der Waals surface area contributed by atoms with E-state index in [0.29, 0.717) is 0 Å². The molecular weight excluding hydrogens is 252 g/mol. The minimum atomic E-state index is 0.111. The predicted molar refractivity (Wildman–Crippen MR) is 83.0 cm³/mol. The summed E-state index contributed by atoms with van der Waals surface area (Å²) in [5, 5.41) is 0.835. The van der Waals surface area contributed by atoms with Crippen molar-refractivity contribution in [3.05, 3.63) is 69.9 Å². The van der Waals surface area contributed by atoms with Crippen LogP contribution in [0.4, 0.5) is 0 Å². The molecule has 0 saturated carbocycles. The van der Waals surface area contributed by atoms with Gasteiger partial charge in [0.05, 0.1) is 0 Å². The summed E-state index contributed by atoms with van der Waals surface area (Å²) < 4.78 is 1.09. The van der Waals surface area contributed by atoms with E-state index in [4.69, 9.17) is 0 Å². The smallest absolute Gasteiger partial charge is 0.188 e. The maximum atomic E-state index is 12.3. The summed E-state index contributed by atoms with van der Waals surface area (Å²) in [5.41, 5.74) is 3.53. The number of hydrogen-bond acceptors (Lipinski definition) is 2. The van der Waals surface area contributed by atoms with Crippen LogP contribution in [-0.4, -0.2) is 0 Å². The monoisotopic (exact) mass is 266 g/mol. The normalized spacial score (nSPS) is 10.8. The molecule has 0 amide bonds. The molecule has 2 aromatic carbocycles. The third-order valence-electron chi connectivity index (χ3n) is 3.22. The topological polar surface area (TPSA) is 17.1 Å². The van der Waals surface area contributed by atoms with Crippen LogP contribution < -0.4 is 5.43 Å². The van der Waals surface area contributed by atoms with E-state index in [1.54, 1.807) is 17.4 Å². The lowest BCUT2D eigenvalue weighted by molar-refractivity contribution is 1.43. The Morgan fingerprint density at radius 2 is 1.68 bits per heavy atom. The second-order valence-electron chi connectivity index (χ2n) is 4.80. The molecule has 1 heterocycles. The summed E-state index contributed by atoms with van der Waals surface area (Å²) in [5.74, 6) is 0. The Bertz CT molecular complexity index is 801. The van der Waals surface area contributed by atoms with Crippen molar-refractivity contribution in [2.45, 2.75) is 13.8 Å². The molecule has 3 rings (SSSR count). The van der Waals surface area contributed by atoms with Crippen molar-refractivity contribution >= 4 is 21.4 Å². The van der Waals surface area contributed by atoms with Gasteiger partial charge >= 0.3 is 0 Å². The van der Waals surface area contributed by atoms with Crippen LogP contribution in [0, 0.1) is 13.8 Å². The van der Waals surface area contributed by atoms with Crippen molar-refractivity contribution in [1.82, 2.24) is 0 Å². The SMILES string of the molecule is Cc1cc(C)c2sc(-c3ccccc3)cc(=O)c2c1. The van der Waals surface area contributed by atoms with Crippen LogP contribution in [0.25, 0.3) is 20.5 Å². The van der Waals surface area contributed by atoms with Gasteiger partial charge in [-0.3, -0.25) is 4.79 Å². The molecule has 0 unspecified atom stereocenters. The molecule has 94 valence electrons. The van der Waals surface area contributed by atoms with Crippen LogP contribution in [0.2, 0.25) is 0 Å². The van der Waals surface area contributed by atoms with Gasteiger partial charge in [-0.1, -0.05) is 42.0 Å². The first-order chi connectivity index (χ1) is 9.15. The quantitative estimate of drug-likeness (QED) is 0.631. The summed E-state index contributed by atoms with van der Waals surface area (Å²) in [7, 11) is 0. The lowest BCUT2D eigenvalue weighted by atomic mass is 10.1. The van der Waals surface area contributed by atoms with Crippen LogP contribution in [-0.2, 0) is 0 Å². The van der Waals surface area contributed by atoms with Gasteiger partial charge in [-0.05, 0) is 31.0 Å². The molecule has 0 spiro atoms. The van der Waals surface area contributed by atoms with Crippen LogP contribution in [0.5, 0.6) is 0 Å². The first kappa shape index (κ1) is 12.1. The molecule has 0 bridgehead atoms. The van der Waals surface area contributed by atoms with E-state index >= 15 is 0 Å². The summed E-state index contributed by atoms with van der Waals surface area (Å²) in [6.45, 7) is 4.10. The van der Waals surface area contributed by atoms with Crippen LogP contribution in [0.15, 0.2) is 53.3 Å². The predicted octanol–water partition coefficient (Wildman–Crippen LogP) is 4.55. The fraction of sp³-hybridized carbons (Fsp3) is 0.118. The van der Waals surface area contributed by atoms with Crippen LogP contribution >= 0.6 is 11.3 Å². The van der Waals surface area contributed by atoms with Crippen molar-refractivity contribution in [2.24, 2.45) is 0 Å². The summed E-state index contributed by atoms with van der Waals surface area (Å²) >= 11 is 1.69. The van der Waals surface area contributed by atoms with Crippen molar-refractivity contribution in [1.29, 1.82) is 0 Å². The molecule has 19 heavy (non-hydrogen) atoms. The molecule has 0 aliphatic rings. The second kappa shape index (κ2) is 4.63. The number of benzene rings is 2. The van der Waals surface area contributed by atoms with Gasteiger partial charge in [0.1, 0.15) is 0 Å². The first-order valence-corrected chi connectivity index (χ1v) is 7.07. The van der Waals surface area contributed by atoms with Crippen LogP contribution in [0.1, 0.15) is 11.1 Å². The molecular formula is C17H14OS. The third kappa shape index (κ3) is 2.20. The van der Waals surface area contributed by atoms with Gasteiger partial charge in [-0.25, -0.2) is 0 Å². The molecule has 1 nitrogen and oxygen atoms in total. The fourth-order valence-corrected chi connectivity index (χ4v) is 3.48. The van der Waals surface area contributed by atoms with Gasteiger partial charge in [0.15, 0.2) is 5.43 Å². The van der Waals surface area contributed by atoms with E-state index < -0.39 is 0 Å². The standard InChI is InChI=1S/C17H14OS/c1-11-8-12(2)17-14(9-11)15(18)10-16(19-17)13-6-4-3-5-7-13/h3-10H,1-2H3. The zero-order valence-corrected chi connectivity index (χ0v) is 11.8. The Kier molecular flexibility index (Phi) is 2.96. The van der Waals surface area contributed by atoms with Gasteiger partial charge in [0, 0.05) is 21.0 Å². The van der Waals surface area contributed by atoms with E-state index in [1.165, 1.54) is 5.56 Å². The van der Waals surface area contributed by atoms with Crippen molar-refractivity contribution < 1.29 is 0 Å². The average molecular weight is 266 g/mol. The highest BCUT2D eigenvalue weighted by Crippen LogP contribution is 2.30. The Hall–Kier alpha value is -1.93. The lowest BCUT2D eigenvalue weighted by Gasteiger charge is -2.06. The van der Waals surface area contributed by atoms with Gasteiger partial charge in [-0.15, -0.1) is 11.3 Å². The molecule has 3 aromatic rings. The van der Waals surface area contributed by atoms with Crippen molar-refractivity contribution in [3.8, 4) is 10.4 Å². The summed E-state index contributed by atoms with van der Waals surface area (Å²) in [6.07, 6.45) is 0. The summed E-state index contributed by atoms with van der Waals surface area (Å²) in [4.78, 5) is 13.3. The Balaban J connectivity index is 2.34. The Morgan fingerprint density at radius 1 is 0.947 bits per heavy atom. The Labute approximate surface area is 116 Å². The number of fused-ring (bicyclic) bond motifs is 1. The zero-order valence-electron chi connectivity index (χ0n) is 10.9. The molecule has 0 aliphatic carbocycles. The average Bonchev–Trinajstić information content (AvgIpc) is 2.41. The second-order valence-corrected chi connectivity index (χ2v) is 5.85. The fourth-order valence-electron chi connectivity index (χ4n) is 2.35. The van der Waals surface area contributed by atoms with E-state index in [9.17, 15) is 4.79 Å². The van der Waals surface area contributed by atoms with Gasteiger partial charge in [-0.2, -0.15) is 0 Å². The van der Waals surface area contributed by atoms with Crippen LogP contribution in [0.3, 0.4) is 0 Å².